The lowest BCUT2D eigenvalue weighted by atomic mass is 10.1. The molecule has 1 N–H and O–H groups in total. The first kappa shape index (κ1) is 27.6. The van der Waals surface area contributed by atoms with Gasteiger partial charge in [0, 0.05) is 30.6 Å². The molecule has 194 valence electrons. The quantitative estimate of drug-likeness (QED) is 0.157. The smallest absolute Gasteiger partial charge is 0.179 e. The van der Waals surface area contributed by atoms with Gasteiger partial charge in [0.1, 0.15) is 11.5 Å². The number of unbranched alkanes of at least 4 members (excludes halogenated alkanes) is 1. The zero-order chi connectivity index (χ0) is 26.8. The van der Waals surface area contributed by atoms with Gasteiger partial charge in [-0.25, -0.2) is 9.37 Å². The van der Waals surface area contributed by atoms with Gasteiger partial charge in [0.2, 0.25) is 0 Å². The van der Waals surface area contributed by atoms with Crippen molar-refractivity contribution < 1.29 is 9.13 Å². The number of hydrogen-bond acceptors (Lipinski definition) is 5. The Hall–Kier alpha value is -4.00. The summed E-state index contributed by atoms with van der Waals surface area (Å²) in [5.41, 5.74) is 7.04. The summed E-state index contributed by atoms with van der Waals surface area (Å²) in [7, 11) is 0. The van der Waals surface area contributed by atoms with Gasteiger partial charge in [0.25, 0.3) is 0 Å². The summed E-state index contributed by atoms with van der Waals surface area (Å²) in [6, 6.07) is 12.5. The van der Waals surface area contributed by atoms with Gasteiger partial charge in [-0.2, -0.15) is 0 Å². The van der Waals surface area contributed by atoms with Gasteiger partial charge >= 0.3 is 0 Å². The first-order valence-electron chi connectivity index (χ1n) is 12.4. The minimum absolute atomic E-state index is 0.307. The maximum atomic E-state index is 13.5. The molecule has 3 aromatic rings. The van der Waals surface area contributed by atoms with Gasteiger partial charge in [0.15, 0.2) is 5.88 Å². The molecule has 0 saturated heterocycles. The summed E-state index contributed by atoms with van der Waals surface area (Å²) < 4.78 is 21.4. The second-order valence-electron chi connectivity index (χ2n) is 8.87. The molecule has 0 bridgehead atoms. The van der Waals surface area contributed by atoms with E-state index in [0.717, 1.165) is 53.3 Å². The Balaban J connectivity index is 1.41. The van der Waals surface area contributed by atoms with Gasteiger partial charge in [-0.1, -0.05) is 30.8 Å². The first-order valence-corrected chi connectivity index (χ1v) is 12.4. The van der Waals surface area contributed by atoms with E-state index < -0.39 is 0 Å². The standard InChI is InChI=1S/C30H36FN5O/c1-7-32-29-14-13-26(17-21(29)2)19-33-25(6)37-16-9-8-15-36-20-34-30(24(36)5)23(4)35-22(3)27-11-10-12-28(31)18-27/h7,10-14,17-18,20,33H,3,6,8-9,15-16,19H2,1-2,4-5H3. The van der Waals surface area contributed by atoms with E-state index in [1.807, 2.05) is 33.2 Å². The van der Waals surface area contributed by atoms with Crippen molar-refractivity contribution in [2.24, 2.45) is 9.98 Å². The second-order valence-corrected chi connectivity index (χ2v) is 8.87. The lowest BCUT2D eigenvalue weighted by Gasteiger charge is -2.12. The normalized spacial score (nSPS) is 11.6. The van der Waals surface area contributed by atoms with Crippen LogP contribution in [0.15, 0.2) is 77.8 Å². The summed E-state index contributed by atoms with van der Waals surface area (Å²) in [6.45, 7) is 17.9. The molecular formula is C30H36FN5O. The van der Waals surface area contributed by atoms with Crippen LogP contribution in [0.2, 0.25) is 0 Å². The number of halogens is 1. The first-order chi connectivity index (χ1) is 17.8. The van der Waals surface area contributed by atoms with Gasteiger partial charge in [-0.05, 0) is 76.4 Å². The largest absolute Gasteiger partial charge is 0.480 e. The summed E-state index contributed by atoms with van der Waals surface area (Å²) >= 11 is 0. The molecule has 0 amide bonds. The summed E-state index contributed by atoms with van der Waals surface area (Å²) in [5.74, 6) is 0.262. The van der Waals surface area contributed by atoms with Crippen LogP contribution in [-0.4, -0.2) is 28.1 Å². The van der Waals surface area contributed by atoms with E-state index in [-0.39, 0.29) is 5.82 Å². The Morgan fingerprint density at radius 3 is 2.70 bits per heavy atom. The van der Waals surface area contributed by atoms with Crippen LogP contribution in [0, 0.1) is 19.7 Å². The molecule has 0 atom stereocenters. The van der Waals surface area contributed by atoms with Gasteiger partial charge in [-0.15, -0.1) is 0 Å². The predicted octanol–water partition coefficient (Wildman–Crippen LogP) is 6.90. The fourth-order valence-corrected chi connectivity index (χ4v) is 3.95. The molecule has 0 aliphatic heterocycles. The number of aliphatic imine (C=N–C) groups is 2. The van der Waals surface area contributed by atoms with E-state index in [9.17, 15) is 4.39 Å². The van der Waals surface area contributed by atoms with E-state index >= 15 is 0 Å². The van der Waals surface area contributed by atoms with E-state index in [4.69, 9.17) is 4.74 Å². The Bertz CT molecular complexity index is 1310. The molecule has 2 aromatic carbocycles. The fourth-order valence-electron chi connectivity index (χ4n) is 3.95. The lowest BCUT2D eigenvalue weighted by Crippen LogP contribution is -2.15. The van der Waals surface area contributed by atoms with E-state index in [0.29, 0.717) is 30.3 Å². The Morgan fingerprint density at radius 2 is 1.97 bits per heavy atom. The van der Waals surface area contributed by atoms with Gasteiger partial charge < -0.3 is 14.6 Å². The molecular weight excluding hydrogens is 465 g/mol. The van der Waals surface area contributed by atoms with Crippen molar-refractivity contribution in [3.63, 3.8) is 0 Å². The zero-order valence-electron chi connectivity index (χ0n) is 22.2. The molecule has 0 fully saturated rings. The van der Waals surface area contributed by atoms with Crippen molar-refractivity contribution in [1.29, 1.82) is 0 Å². The van der Waals surface area contributed by atoms with Crippen LogP contribution < -0.4 is 5.32 Å². The zero-order valence-corrected chi connectivity index (χ0v) is 22.2. The number of rotatable bonds is 13. The third kappa shape index (κ3) is 8.00. The summed E-state index contributed by atoms with van der Waals surface area (Å²) in [6.07, 6.45) is 5.45. The molecule has 37 heavy (non-hydrogen) atoms. The van der Waals surface area contributed by atoms with Gasteiger partial charge in [-0.3, -0.25) is 9.98 Å². The lowest BCUT2D eigenvalue weighted by molar-refractivity contribution is 0.184. The third-order valence-electron chi connectivity index (χ3n) is 5.99. The molecule has 0 saturated carbocycles. The topological polar surface area (TPSA) is 63.8 Å². The Kier molecular flexibility index (Phi) is 9.95. The van der Waals surface area contributed by atoms with Crippen molar-refractivity contribution in [2.45, 2.75) is 53.6 Å². The average molecular weight is 502 g/mol. The SMILES string of the molecule is C=C(NCc1ccc(N=CC)c(C)c1)OCCCCn1cnc(C(C)=NC(=C)c2cccc(F)c2)c1C. The number of benzene rings is 2. The molecule has 0 radical (unpaired) electrons. The number of nitrogens with one attached hydrogen (secondary N) is 1. The number of imidazole rings is 1. The molecule has 0 aliphatic rings. The predicted molar refractivity (Wildman–Crippen MR) is 151 cm³/mol. The highest BCUT2D eigenvalue weighted by Gasteiger charge is 2.10. The van der Waals surface area contributed by atoms with Crippen LogP contribution in [-0.2, 0) is 17.8 Å². The molecule has 3 rings (SSSR count). The highest BCUT2D eigenvalue weighted by molar-refractivity contribution is 6.00. The molecule has 0 unspecified atom stereocenters. The Labute approximate surface area is 219 Å². The summed E-state index contributed by atoms with van der Waals surface area (Å²) in [5, 5.41) is 3.23. The third-order valence-corrected chi connectivity index (χ3v) is 5.99. The number of ether oxygens (including phenoxy) is 1. The van der Waals surface area contributed by atoms with Crippen LogP contribution in [0.3, 0.4) is 0 Å². The number of aromatic nitrogens is 2. The van der Waals surface area contributed by atoms with Crippen molar-refractivity contribution in [3.05, 3.63) is 102 Å². The number of nitrogens with zero attached hydrogens (tertiary/aromatic N) is 4. The maximum absolute atomic E-state index is 13.5. The highest BCUT2D eigenvalue weighted by Crippen LogP contribution is 2.20. The van der Waals surface area contributed by atoms with Crippen LogP contribution in [0.1, 0.15) is 54.8 Å². The molecule has 6 nitrogen and oxygen atoms in total. The van der Waals surface area contributed by atoms with Crippen molar-refractivity contribution in [2.75, 3.05) is 6.61 Å². The molecule has 1 heterocycles. The average Bonchev–Trinajstić information content (AvgIpc) is 3.24. The highest BCUT2D eigenvalue weighted by atomic mass is 19.1. The van der Waals surface area contributed by atoms with Crippen LogP contribution in [0.5, 0.6) is 0 Å². The summed E-state index contributed by atoms with van der Waals surface area (Å²) in [4.78, 5) is 13.4. The van der Waals surface area contributed by atoms with Crippen molar-refractivity contribution in [1.82, 2.24) is 14.9 Å². The maximum Gasteiger partial charge on any atom is 0.179 e. The number of aryl methyl sites for hydroxylation is 2. The van der Waals surface area contributed by atoms with E-state index in [2.05, 4.69) is 57.1 Å². The molecule has 1 aromatic heterocycles. The van der Waals surface area contributed by atoms with Crippen molar-refractivity contribution >= 4 is 23.3 Å². The molecule has 7 heteroatoms. The van der Waals surface area contributed by atoms with Crippen LogP contribution in [0.4, 0.5) is 10.1 Å². The Morgan fingerprint density at radius 1 is 1.16 bits per heavy atom. The fraction of sp³-hybridized carbons (Fsp3) is 0.300. The van der Waals surface area contributed by atoms with Crippen molar-refractivity contribution in [3.8, 4) is 0 Å². The van der Waals surface area contributed by atoms with Crippen LogP contribution >= 0.6 is 0 Å². The monoisotopic (exact) mass is 501 g/mol. The van der Waals surface area contributed by atoms with Gasteiger partial charge in [0.05, 0.1) is 30.0 Å². The minimum atomic E-state index is -0.307. The minimum Gasteiger partial charge on any atom is -0.480 e. The number of hydrogen-bond donors (Lipinski definition) is 1. The second kappa shape index (κ2) is 13.3. The molecule has 0 spiro atoms. The van der Waals surface area contributed by atoms with E-state index in [1.54, 1.807) is 18.3 Å². The van der Waals surface area contributed by atoms with E-state index in [1.165, 1.54) is 12.1 Å². The van der Waals surface area contributed by atoms with Crippen LogP contribution in [0.25, 0.3) is 5.70 Å². The molecule has 0 aliphatic carbocycles.